The maximum absolute atomic E-state index is 10.5. The van der Waals surface area contributed by atoms with Crippen molar-refractivity contribution in [3.05, 3.63) is 41.5 Å². The highest BCUT2D eigenvalue weighted by molar-refractivity contribution is 9.09. The lowest BCUT2D eigenvalue weighted by molar-refractivity contribution is -0.136. The number of benzene rings is 1. The van der Waals surface area contributed by atoms with Gasteiger partial charge in [-0.1, -0.05) is 52.3 Å². The lowest BCUT2D eigenvalue weighted by atomic mass is 10.1. The first-order valence-corrected chi connectivity index (χ1v) is 5.38. The minimum Gasteiger partial charge on any atom is -0.481 e. The fourth-order valence-electron chi connectivity index (χ4n) is 1.16. The van der Waals surface area contributed by atoms with Crippen LogP contribution in [0.1, 0.15) is 11.1 Å². The number of carbonyl (C=O) groups is 1. The molecule has 14 heavy (non-hydrogen) atoms. The van der Waals surface area contributed by atoms with Crippen LogP contribution >= 0.6 is 15.9 Å². The van der Waals surface area contributed by atoms with Crippen LogP contribution in [0, 0.1) is 0 Å². The Balaban J connectivity index is 2.78. The molecule has 2 nitrogen and oxygen atoms in total. The van der Waals surface area contributed by atoms with E-state index in [1.807, 2.05) is 36.4 Å². The van der Waals surface area contributed by atoms with Crippen molar-refractivity contribution in [1.82, 2.24) is 0 Å². The molecule has 0 radical (unpaired) electrons. The number of rotatable bonds is 4. The fourth-order valence-corrected chi connectivity index (χ4v) is 1.35. The van der Waals surface area contributed by atoms with Gasteiger partial charge >= 0.3 is 5.97 Å². The molecule has 3 heteroatoms. The predicted molar refractivity (Wildman–Crippen MR) is 60.6 cm³/mol. The third kappa shape index (κ3) is 3.75. The standard InChI is InChI=1S/C11H11BrO2/c12-6-2-5-9-3-1-4-10(7-9)8-11(13)14/h1-5,7H,6,8H2,(H,13,14)/b5-2+. The maximum Gasteiger partial charge on any atom is 0.307 e. The monoisotopic (exact) mass is 254 g/mol. The summed E-state index contributed by atoms with van der Waals surface area (Å²) < 4.78 is 0. The molecule has 0 aromatic heterocycles. The normalized spacial score (nSPS) is 10.6. The molecule has 1 aromatic rings. The van der Waals surface area contributed by atoms with Gasteiger partial charge in [0.15, 0.2) is 0 Å². The van der Waals surface area contributed by atoms with E-state index >= 15 is 0 Å². The van der Waals surface area contributed by atoms with Crippen LogP contribution in [-0.4, -0.2) is 16.4 Å². The number of aliphatic carboxylic acids is 1. The first-order valence-electron chi connectivity index (χ1n) is 4.25. The zero-order valence-corrected chi connectivity index (χ0v) is 9.20. The molecular weight excluding hydrogens is 244 g/mol. The minimum atomic E-state index is -0.799. The van der Waals surface area contributed by atoms with Crippen molar-refractivity contribution >= 4 is 28.0 Å². The van der Waals surface area contributed by atoms with E-state index in [2.05, 4.69) is 15.9 Å². The number of hydrogen-bond acceptors (Lipinski definition) is 1. The van der Waals surface area contributed by atoms with Crippen molar-refractivity contribution in [3.8, 4) is 0 Å². The molecule has 0 unspecified atom stereocenters. The van der Waals surface area contributed by atoms with Gasteiger partial charge in [-0.2, -0.15) is 0 Å². The molecule has 0 bridgehead atoms. The number of halogens is 1. The van der Waals surface area contributed by atoms with E-state index in [1.165, 1.54) is 0 Å². The number of alkyl halides is 1. The highest BCUT2D eigenvalue weighted by atomic mass is 79.9. The Hall–Kier alpha value is -1.09. The number of hydrogen-bond donors (Lipinski definition) is 1. The van der Waals surface area contributed by atoms with Crippen LogP contribution < -0.4 is 0 Å². The lowest BCUT2D eigenvalue weighted by Crippen LogP contribution is -1.99. The molecule has 0 saturated heterocycles. The summed E-state index contributed by atoms with van der Waals surface area (Å²) in [5, 5.41) is 9.41. The quantitative estimate of drug-likeness (QED) is 0.840. The molecule has 0 atom stereocenters. The zero-order valence-electron chi connectivity index (χ0n) is 7.61. The number of carboxylic acid groups (broad SMARTS) is 1. The number of carboxylic acids is 1. The summed E-state index contributed by atoms with van der Waals surface area (Å²) in [6, 6.07) is 7.52. The molecule has 0 saturated carbocycles. The molecule has 1 N–H and O–H groups in total. The number of allylic oxidation sites excluding steroid dienone is 1. The second-order valence-corrected chi connectivity index (χ2v) is 3.52. The average molecular weight is 255 g/mol. The van der Waals surface area contributed by atoms with E-state index in [4.69, 9.17) is 5.11 Å². The molecule has 0 amide bonds. The Labute approximate surface area is 91.4 Å². The van der Waals surface area contributed by atoms with Crippen LogP contribution in [0.3, 0.4) is 0 Å². The summed E-state index contributed by atoms with van der Waals surface area (Å²) >= 11 is 3.28. The minimum absolute atomic E-state index is 0.0794. The van der Waals surface area contributed by atoms with Gasteiger partial charge in [0.1, 0.15) is 0 Å². The Morgan fingerprint density at radius 2 is 2.29 bits per heavy atom. The van der Waals surface area contributed by atoms with Gasteiger partial charge in [0.2, 0.25) is 0 Å². The molecule has 0 fully saturated rings. The predicted octanol–water partition coefficient (Wildman–Crippen LogP) is 2.72. The second kappa shape index (κ2) is 5.60. The molecule has 1 aromatic carbocycles. The molecule has 0 spiro atoms. The SMILES string of the molecule is O=C(O)Cc1cccc(/C=C/CBr)c1. The van der Waals surface area contributed by atoms with Crippen LogP contribution in [-0.2, 0) is 11.2 Å². The summed E-state index contributed by atoms with van der Waals surface area (Å²) in [6.45, 7) is 0. The topological polar surface area (TPSA) is 37.3 Å². The summed E-state index contributed by atoms with van der Waals surface area (Å²) in [6.07, 6.45) is 4.01. The second-order valence-electron chi connectivity index (χ2n) is 2.87. The Bertz CT molecular complexity index is 345. The Morgan fingerprint density at radius 1 is 1.50 bits per heavy atom. The Morgan fingerprint density at radius 3 is 2.93 bits per heavy atom. The van der Waals surface area contributed by atoms with Crippen LogP contribution in [0.5, 0.6) is 0 Å². The van der Waals surface area contributed by atoms with Gasteiger partial charge < -0.3 is 5.11 Å². The van der Waals surface area contributed by atoms with E-state index in [-0.39, 0.29) is 6.42 Å². The molecule has 0 aliphatic heterocycles. The van der Waals surface area contributed by atoms with Crippen LogP contribution in [0.25, 0.3) is 6.08 Å². The van der Waals surface area contributed by atoms with Crippen LogP contribution in [0.2, 0.25) is 0 Å². The summed E-state index contributed by atoms with van der Waals surface area (Å²) in [5.74, 6) is -0.799. The van der Waals surface area contributed by atoms with E-state index in [1.54, 1.807) is 0 Å². The summed E-state index contributed by atoms with van der Waals surface area (Å²) in [5.41, 5.74) is 1.86. The molecule has 0 aliphatic rings. The van der Waals surface area contributed by atoms with Crippen molar-refractivity contribution in [1.29, 1.82) is 0 Å². The van der Waals surface area contributed by atoms with Crippen LogP contribution in [0.15, 0.2) is 30.3 Å². The highest BCUT2D eigenvalue weighted by Crippen LogP contribution is 2.08. The van der Waals surface area contributed by atoms with Crippen molar-refractivity contribution in [2.24, 2.45) is 0 Å². The zero-order chi connectivity index (χ0) is 10.4. The molecule has 0 heterocycles. The van der Waals surface area contributed by atoms with Gasteiger partial charge in [-0.25, -0.2) is 0 Å². The third-order valence-electron chi connectivity index (χ3n) is 1.71. The van der Waals surface area contributed by atoms with Crippen molar-refractivity contribution < 1.29 is 9.90 Å². The first kappa shape index (κ1) is 11.0. The van der Waals surface area contributed by atoms with Gasteiger partial charge in [-0.15, -0.1) is 0 Å². The highest BCUT2D eigenvalue weighted by Gasteiger charge is 1.99. The van der Waals surface area contributed by atoms with E-state index in [0.717, 1.165) is 16.5 Å². The lowest BCUT2D eigenvalue weighted by Gasteiger charge is -1.98. The van der Waals surface area contributed by atoms with Crippen LogP contribution in [0.4, 0.5) is 0 Å². The van der Waals surface area contributed by atoms with Gasteiger partial charge in [0.25, 0.3) is 0 Å². The largest absolute Gasteiger partial charge is 0.481 e. The first-order chi connectivity index (χ1) is 6.72. The van der Waals surface area contributed by atoms with Gasteiger partial charge in [-0.3, -0.25) is 4.79 Å². The van der Waals surface area contributed by atoms with Crippen molar-refractivity contribution in [3.63, 3.8) is 0 Å². The van der Waals surface area contributed by atoms with Crippen molar-refractivity contribution in [2.45, 2.75) is 6.42 Å². The third-order valence-corrected chi connectivity index (χ3v) is 2.08. The van der Waals surface area contributed by atoms with Gasteiger partial charge in [0, 0.05) is 5.33 Å². The molecular formula is C11H11BrO2. The summed E-state index contributed by atoms with van der Waals surface area (Å²) in [7, 11) is 0. The molecule has 0 aliphatic carbocycles. The van der Waals surface area contributed by atoms with Gasteiger partial charge in [-0.05, 0) is 11.1 Å². The smallest absolute Gasteiger partial charge is 0.307 e. The fraction of sp³-hybridized carbons (Fsp3) is 0.182. The maximum atomic E-state index is 10.5. The molecule has 74 valence electrons. The summed E-state index contributed by atoms with van der Waals surface area (Å²) in [4.78, 5) is 10.5. The van der Waals surface area contributed by atoms with Crippen molar-refractivity contribution in [2.75, 3.05) is 5.33 Å². The van der Waals surface area contributed by atoms with E-state index in [0.29, 0.717) is 0 Å². The Kier molecular flexibility index (Phi) is 4.40. The van der Waals surface area contributed by atoms with E-state index < -0.39 is 5.97 Å². The van der Waals surface area contributed by atoms with E-state index in [9.17, 15) is 4.79 Å². The average Bonchev–Trinajstić information content (AvgIpc) is 2.14. The van der Waals surface area contributed by atoms with Gasteiger partial charge in [0.05, 0.1) is 6.42 Å². The molecule has 1 rings (SSSR count).